The largest absolute Gasteiger partial charge is 0.382 e. The van der Waals surface area contributed by atoms with Crippen molar-refractivity contribution in [1.82, 2.24) is 19.9 Å². The topological polar surface area (TPSA) is 81.0 Å². The van der Waals surface area contributed by atoms with Gasteiger partial charge in [0.2, 0.25) is 0 Å². The van der Waals surface area contributed by atoms with Crippen LogP contribution in [0.4, 0.5) is 0 Å². The summed E-state index contributed by atoms with van der Waals surface area (Å²) in [6.07, 6.45) is 7.86. The minimum absolute atomic E-state index is 0.490. The summed E-state index contributed by atoms with van der Waals surface area (Å²) in [4.78, 5) is 16.0. The second-order valence-corrected chi connectivity index (χ2v) is 7.34. The molecule has 118 valence electrons. The van der Waals surface area contributed by atoms with E-state index in [1.165, 1.54) is 0 Å². The van der Waals surface area contributed by atoms with Gasteiger partial charge in [0.05, 0.1) is 8.95 Å². The fraction of sp³-hybridized carbons (Fsp3) is 0.385. The smallest absolute Gasteiger partial charge is 0.190 e. The lowest BCUT2D eigenvalue weighted by molar-refractivity contribution is -0.0734. The number of hydrogen-bond donors (Lipinski definition) is 1. The zero-order chi connectivity index (χ0) is 16.0. The van der Waals surface area contributed by atoms with Gasteiger partial charge in [-0.15, -0.1) is 0 Å². The number of hydrogen-bond acceptors (Lipinski definition) is 6. The molecule has 0 spiro atoms. The van der Waals surface area contributed by atoms with Crippen molar-refractivity contribution < 1.29 is 9.84 Å². The van der Waals surface area contributed by atoms with E-state index in [1.807, 2.05) is 0 Å². The molecule has 0 aliphatic carbocycles. The first-order valence-corrected chi connectivity index (χ1v) is 9.07. The number of aliphatic hydroxyl groups is 1. The van der Waals surface area contributed by atoms with Crippen LogP contribution in [-0.4, -0.2) is 38.3 Å². The molecule has 0 saturated carbocycles. The molecule has 2 aromatic rings. The summed E-state index contributed by atoms with van der Waals surface area (Å²) in [5.74, 6) is 0.490. The van der Waals surface area contributed by atoms with Crippen molar-refractivity contribution in [3.8, 4) is 0 Å². The molecular formula is C13H13Br2IN4O2. The van der Waals surface area contributed by atoms with Crippen molar-refractivity contribution in [3.63, 3.8) is 0 Å². The first-order chi connectivity index (χ1) is 10.5. The zero-order valence-electron chi connectivity index (χ0n) is 11.4. The second-order valence-electron chi connectivity index (χ2n) is 4.54. The maximum absolute atomic E-state index is 10.2. The van der Waals surface area contributed by atoms with Crippen molar-refractivity contribution in [3.05, 3.63) is 43.4 Å². The SMILES string of the molecule is Brc1cnc(I)nc1.OC1(c2ncc(Br)cn2)CCOCC1. The molecule has 0 bridgehead atoms. The molecule has 0 amide bonds. The quantitative estimate of drug-likeness (QED) is 0.440. The highest BCUT2D eigenvalue weighted by atomic mass is 127. The average Bonchev–Trinajstić information content (AvgIpc) is 2.52. The van der Waals surface area contributed by atoms with Gasteiger partial charge < -0.3 is 9.84 Å². The van der Waals surface area contributed by atoms with Gasteiger partial charge in [-0.05, 0) is 31.9 Å². The van der Waals surface area contributed by atoms with Crippen LogP contribution in [0.3, 0.4) is 0 Å². The van der Waals surface area contributed by atoms with E-state index in [9.17, 15) is 5.11 Å². The van der Waals surface area contributed by atoms with Crippen LogP contribution in [0.15, 0.2) is 33.7 Å². The Kier molecular flexibility index (Phi) is 7.06. The third-order valence-corrected chi connectivity index (χ3v) is 4.32. The fourth-order valence-electron chi connectivity index (χ4n) is 1.78. The van der Waals surface area contributed by atoms with E-state index in [1.54, 1.807) is 24.8 Å². The van der Waals surface area contributed by atoms with Gasteiger partial charge in [-0.25, -0.2) is 19.9 Å². The summed E-state index contributed by atoms with van der Waals surface area (Å²) >= 11 is 8.53. The molecule has 6 nitrogen and oxygen atoms in total. The Balaban J connectivity index is 0.000000188. The molecule has 2 aromatic heterocycles. The van der Waals surface area contributed by atoms with E-state index >= 15 is 0 Å². The van der Waals surface area contributed by atoms with Gasteiger partial charge in [-0.3, -0.25) is 0 Å². The van der Waals surface area contributed by atoms with Crippen molar-refractivity contribution in [2.75, 3.05) is 13.2 Å². The predicted molar refractivity (Wildman–Crippen MR) is 96.1 cm³/mol. The molecule has 1 aliphatic heterocycles. The lowest BCUT2D eigenvalue weighted by Gasteiger charge is -2.30. The normalized spacial score (nSPS) is 16.5. The Labute approximate surface area is 158 Å². The Morgan fingerprint density at radius 2 is 1.41 bits per heavy atom. The summed E-state index contributed by atoms with van der Waals surface area (Å²) in [5, 5.41) is 10.2. The van der Waals surface area contributed by atoms with E-state index in [-0.39, 0.29) is 0 Å². The first-order valence-electron chi connectivity index (χ1n) is 6.41. The van der Waals surface area contributed by atoms with Crippen molar-refractivity contribution in [2.45, 2.75) is 18.4 Å². The van der Waals surface area contributed by atoms with E-state index in [4.69, 9.17) is 4.74 Å². The van der Waals surface area contributed by atoms with Gasteiger partial charge in [0, 0.05) is 73.4 Å². The monoisotopic (exact) mass is 542 g/mol. The summed E-state index contributed by atoms with van der Waals surface area (Å²) in [5.41, 5.74) is -0.904. The third kappa shape index (κ3) is 5.44. The summed E-state index contributed by atoms with van der Waals surface area (Å²) < 4.78 is 7.69. The molecule has 3 heterocycles. The Morgan fingerprint density at radius 3 is 1.86 bits per heavy atom. The Hall–Kier alpha value is -0.230. The Bertz CT molecular complexity index is 571. The van der Waals surface area contributed by atoms with Crippen molar-refractivity contribution >= 4 is 54.5 Å². The van der Waals surface area contributed by atoms with Crippen LogP contribution in [0, 0.1) is 3.83 Å². The number of halogens is 3. The summed E-state index contributed by atoms with van der Waals surface area (Å²) in [7, 11) is 0. The van der Waals surface area contributed by atoms with Crippen LogP contribution in [0.2, 0.25) is 0 Å². The van der Waals surface area contributed by atoms with Gasteiger partial charge in [0.25, 0.3) is 0 Å². The lowest BCUT2D eigenvalue weighted by Crippen LogP contribution is -2.35. The maximum atomic E-state index is 10.2. The molecule has 0 radical (unpaired) electrons. The molecule has 3 rings (SSSR count). The van der Waals surface area contributed by atoms with E-state index in [0.29, 0.717) is 31.9 Å². The summed E-state index contributed by atoms with van der Waals surface area (Å²) in [6.45, 7) is 1.13. The highest BCUT2D eigenvalue weighted by molar-refractivity contribution is 14.1. The van der Waals surface area contributed by atoms with Crippen LogP contribution >= 0.6 is 54.5 Å². The predicted octanol–water partition coefficient (Wildman–Crippen LogP) is 3.08. The van der Waals surface area contributed by atoms with Gasteiger partial charge in [0.15, 0.2) is 9.66 Å². The fourth-order valence-corrected chi connectivity index (χ4v) is 2.47. The van der Waals surface area contributed by atoms with Gasteiger partial charge in [0.1, 0.15) is 5.60 Å². The molecule has 0 unspecified atom stereocenters. The van der Waals surface area contributed by atoms with Crippen LogP contribution in [0.1, 0.15) is 18.7 Å². The maximum Gasteiger partial charge on any atom is 0.190 e. The van der Waals surface area contributed by atoms with Gasteiger partial charge >= 0.3 is 0 Å². The number of ether oxygens (including phenoxy) is 1. The molecule has 1 fully saturated rings. The van der Waals surface area contributed by atoms with Crippen LogP contribution < -0.4 is 0 Å². The van der Waals surface area contributed by atoms with Crippen LogP contribution in [0.5, 0.6) is 0 Å². The molecule has 0 aromatic carbocycles. The number of rotatable bonds is 1. The molecule has 1 aliphatic rings. The van der Waals surface area contributed by atoms with Gasteiger partial charge in [-0.1, -0.05) is 0 Å². The highest BCUT2D eigenvalue weighted by Crippen LogP contribution is 2.29. The molecule has 1 saturated heterocycles. The molecule has 9 heteroatoms. The lowest BCUT2D eigenvalue weighted by atomic mass is 9.93. The first kappa shape index (κ1) is 18.1. The van der Waals surface area contributed by atoms with Crippen molar-refractivity contribution in [2.24, 2.45) is 0 Å². The van der Waals surface area contributed by atoms with Crippen LogP contribution in [-0.2, 0) is 10.3 Å². The minimum Gasteiger partial charge on any atom is -0.382 e. The highest BCUT2D eigenvalue weighted by Gasteiger charge is 2.34. The zero-order valence-corrected chi connectivity index (χ0v) is 16.7. The average molecular weight is 544 g/mol. The summed E-state index contributed by atoms with van der Waals surface area (Å²) in [6, 6.07) is 0. The van der Waals surface area contributed by atoms with E-state index < -0.39 is 5.60 Å². The number of aromatic nitrogens is 4. The molecule has 22 heavy (non-hydrogen) atoms. The third-order valence-electron chi connectivity index (χ3n) is 2.95. The molecule has 0 atom stereocenters. The van der Waals surface area contributed by atoms with E-state index in [0.717, 1.165) is 12.8 Å². The molecular weight excluding hydrogens is 531 g/mol. The second kappa shape index (κ2) is 8.57. The van der Waals surface area contributed by atoms with Crippen LogP contribution in [0.25, 0.3) is 0 Å². The van der Waals surface area contributed by atoms with Gasteiger partial charge in [-0.2, -0.15) is 0 Å². The number of nitrogens with zero attached hydrogens (tertiary/aromatic N) is 4. The molecule has 1 N–H and O–H groups in total. The standard InChI is InChI=1S/C9H11BrN2O2.C4H2BrIN2/c10-7-5-11-8(12-6-7)9(13)1-3-14-4-2-9;5-3-1-7-4(6)8-2-3/h5-6,13H,1-4H2;1-2H. The van der Waals surface area contributed by atoms with Crippen molar-refractivity contribution in [1.29, 1.82) is 0 Å². The Morgan fingerprint density at radius 1 is 0.955 bits per heavy atom. The minimum atomic E-state index is -0.904. The van der Waals surface area contributed by atoms with E-state index in [2.05, 4.69) is 74.4 Å².